The molecule has 2 aromatic rings. The predicted molar refractivity (Wildman–Crippen MR) is 94.6 cm³/mol. The second kappa shape index (κ2) is 6.51. The molecule has 24 heavy (non-hydrogen) atoms. The summed E-state index contributed by atoms with van der Waals surface area (Å²) in [7, 11) is 0. The molecule has 1 heterocycles. The average molecular weight is 328 g/mol. The van der Waals surface area contributed by atoms with Crippen molar-refractivity contribution in [2.45, 2.75) is 46.6 Å². The highest BCUT2D eigenvalue weighted by molar-refractivity contribution is 6.05. The van der Waals surface area contributed by atoms with Crippen LogP contribution in [0.1, 0.15) is 48.1 Å². The highest BCUT2D eigenvalue weighted by Crippen LogP contribution is 2.25. The summed E-state index contributed by atoms with van der Waals surface area (Å²) in [5.41, 5.74) is 3.02. The molecule has 2 N–H and O–H groups in total. The van der Waals surface area contributed by atoms with E-state index in [-0.39, 0.29) is 5.91 Å². The fraction of sp³-hybridized carbons (Fsp3) is 0.368. The highest BCUT2D eigenvalue weighted by atomic mass is 16.4. The Labute approximate surface area is 142 Å². The zero-order chi connectivity index (χ0) is 18.1. The summed E-state index contributed by atoms with van der Waals surface area (Å²) in [6, 6.07) is 8.82. The Morgan fingerprint density at radius 3 is 2.21 bits per heavy atom. The minimum absolute atomic E-state index is 0.159. The van der Waals surface area contributed by atoms with Crippen LogP contribution in [0.4, 0.5) is 5.69 Å². The normalized spacial score (nSPS) is 11.4. The van der Waals surface area contributed by atoms with Crippen LogP contribution in [-0.2, 0) is 16.8 Å². The van der Waals surface area contributed by atoms with Crippen molar-refractivity contribution in [1.29, 1.82) is 0 Å². The van der Waals surface area contributed by atoms with E-state index in [9.17, 15) is 14.7 Å². The average Bonchev–Trinajstić information content (AvgIpc) is 2.82. The molecule has 1 amide bonds. The summed E-state index contributed by atoms with van der Waals surface area (Å²) >= 11 is 0. The van der Waals surface area contributed by atoms with Crippen molar-refractivity contribution in [3.05, 3.63) is 52.8 Å². The zero-order valence-electron chi connectivity index (χ0n) is 14.8. The Morgan fingerprint density at radius 2 is 1.75 bits per heavy atom. The monoisotopic (exact) mass is 328 g/mol. The van der Waals surface area contributed by atoms with E-state index in [1.54, 1.807) is 38.1 Å². The second-order valence-electron chi connectivity index (χ2n) is 6.49. The first kappa shape index (κ1) is 17.8. The lowest BCUT2D eigenvalue weighted by Gasteiger charge is -2.19. The minimum Gasteiger partial charge on any atom is -0.481 e. The minimum atomic E-state index is -0.964. The van der Waals surface area contributed by atoms with Crippen LogP contribution in [0.25, 0.3) is 0 Å². The molecule has 0 aliphatic rings. The maximum Gasteiger partial charge on any atom is 0.313 e. The molecule has 128 valence electrons. The Kier molecular flexibility index (Phi) is 4.83. The number of hydrogen-bond acceptors (Lipinski definition) is 2. The number of carbonyl (C=O) groups excluding carboxylic acids is 1. The second-order valence-corrected chi connectivity index (χ2v) is 6.49. The maximum atomic E-state index is 12.5. The van der Waals surface area contributed by atoms with Gasteiger partial charge in [-0.15, -0.1) is 0 Å². The molecule has 1 aromatic carbocycles. The quantitative estimate of drug-likeness (QED) is 0.878. The third-order valence-electron chi connectivity index (χ3n) is 4.53. The third kappa shape index (κ3) is 3.20. The van der Waals surface area contributed by atoms with E-state index < -0.39 is 11.4 Å². The molecule has 0 unspecified atom stereocenters. The fourth-order valence-corrected chi connectivity index (χ4v) is 2.81. The first-order valence-corrected chi connectivity index (χ1v) is 8.00. The standard InChI is InChI=1S/C19H24N2O3/c1-6-21-12(2)11-16(13(21)3)17(22)20-15-9-7-14(8-10-15)19(4,5)18(23)24/h7-11H,6H2,1-5H3,(H,20,22)(H,23,24). The Balaban J connectivity index is 2.20. The van der Waals surface area contributed by atoms with Crippen LogP contribution >= 0.6 is 0 Å². The molecule has 0 saturated carbocycles. The van der Waals surface area contributed by atoms with Crippen LogP contribution in [-0.4, -0.2) is 21.6 Å². The number of aliphatic carboxylic acids is 1. The van der Waals surface area contributed by atoms with Crippen LogP contribution in [0.3, 0.4) is 0 Å². The van der Waals surface area contributed by atoms with Crippen molar-refractivity contribution in [2.24, 2.45) is 0 Å². The van der Waals surface area contributed by atoms with Crippen molar-refractivity contribution in [3.63, 3.8) is 0 Å². The van der Waals surface area contributed by atoms with E-state index in [0.717, 1.165) is 17.9 Å². The Bertz CT molecular complexity index is 771. The molecular formula is C19H24N2O3. The van der Waals surface area contributed by atoms with Gasteiger partial charge in [-0.2, -0.15) is 0 Å². The number of hydrogen-bond donors (Lipinski definition) is 2. The molecule has 0 atom stereocenters. The number of carboxylic acid groups (broad SMARTS) is 1. The number of rotatable bonds is 5. The van der Waals surface area contributed by atoms with Gasteiger partial charge in [-0.05, 0) is 58.4 Å². The molecule has 0 aliphatic carbocycles. The lowest BCUT2D eigenvalue weighted by Crippen LogP contribution is -2.28. The van der Waals surface area contributed by atoms with E-state index in [2.05, 4.69) is 9.88 Å². The summed E-state index contributed by atoms with van der Waals surface area (Å²) in [4.78, 5) is 23.8. The molecule has 5 nitrogen and oxygen atoms in total. The van der Waals surface area contributed by atoms with E-state index in [4.69, 9.17) is 0 Å². The summed E-state index contributed by atoms with van der Waals surface area (Å²) in [5.74, 6) is -1.04. The molecule has 1 aromatic heterocycles. The maximum absolute atomic E-state index is 12.5. The number of aryl methyl sites for hydroxylation is 1. The van der Waals surface area contributed by atoms with Gasteiger partial charge in [0.25, 0.3) is 5.91 Å². The molecule has 0 saturated heterocycles. The molecule has 0 fully saturated rings. The number of carbonyl (C=O) groups is 2. The van der Waals surface area contributed by atoms with Gasteiger partial charge in [-0.3, -0.25) is 9.59 Å². The first-order chi connectivity index (χ1) is 11.2. The summed E-state index contributed by atoms with van der Waals surface area (Å²) in [5, 5.41) is 12.1. The van der Waals surface area contributed by atoms with E-state index in [0.29, 0.717) is 16.8 Å². The van der Waals surface area contributed by atoms with Gasteiger partial charge in [-0.25, -0.2) is 0 Å². The van der Waals surface area contributed by atoms with Gasteiger partial charge in [0.1, 0.15) is 0 Å². The van der Waals surface area contributed by atoms with Crippen molar-refractivity contribution in [3.8, 4) is 0 Å². The molecule has 0 aliphatic heterocycles. The van der Waals surface area contributed by atoms with Gasteiger partial charge >= 0.3 is 5.97 Å². The topological polar surface area (TPSA) is 71.3 Å². The fourth-order valence-electron chi connectivity index (χ4n) is 2.81. The van der Waals surface area contributed by atoms with Gasteiger partial charge in [0.2, 0.25) is 0 Å². The summed E-state index contributed by atoms with van der Waals surface area (Å²) in [6.07, 6.45) is 0. The van der Waals surface area contributed by atoms with E-state index in [1.807, 2.05) is 26.8 Å². The number of carboxylic acids is 1. The van der Waals surface area contributed by atoms with Crippen LogP contribution < -0.4 is 5.32 Å². The lowest BCUT2D eigenvalue weighted by atomic mass is 9.85. The molecule has 0 spiro atoms. The molecule has 0 bridgehead atoms. The van der Waals surface area contributed by atoms with Gasteiger partial charge in [0.15, 0.2) is 0 Å². The van der Waals surface area contributed by atoms with Crippen LogP contribution in [0.2, 0.25) is 0 Å². The number of benzene rings is 1. The smallest absolute Gasteiger partial charge is 0.313 e. The van der Waals surface area contributed by atoms with Crippen molar-refractivity contribution in [1.82, 2.24) is 4.57 Å². The molecule has 0 radical (unpaired) electrons. The Morgan fingerprint density at radius 1 is 1.17 bits per heavy atom. The number of nitrogens with zero attached hydrogens (tertiary/aromatic N) is 1. The Hall–Kier alpha value is -2.56. The number of aromatic nitrogens is 1. The van der Waals surface area contributed by atoms with Crippen molar-refractivity contribution >= 4 is 17.6 Å². The molecule has 2 rings (SSSR count). The third-order valence-corrected chi connectivity index (χ3v) is 4.53. The van der Waals surface area contributed by atoms with Crippen LogP contribution in [0.5, 0.6) is 0 Å². The SMILES string of the molecule is CCn1c(C)cc(C(=O)Nc2ccc(C(C)(C)C(=O)O)cc2)c1C. The van der Waals surface area contributed by atoms with E-state index in [1.165, 1.54) is 0 Å². The number of anilines is 1. The zero-order valence-corrected chi connectivity index (χ0v) is 14.8. The first-order valence-electron chi connectivity index (χ1n) is 8.00. The van der Waals surface area contributed by atoms with Gasteiger partial charge in [-0.1, -0.05) is 12.1 Å². The van der Waals surface area contributed by atoms with Crippen LogP contribution in [0.15, 0.2) is 30.3 Å². The van der Waals surface area contributed by atoms with Crippen molar-refractivity contribution in [2.75, 3.05) is 5.32 Å². The van der Waals surface area contributed by atoms with Gasteiger partial charge < -0.3 is 15.0 Å². The predicted octanol–water partition coefficient (Wildman–Crippen LogP) is 3.74. The van der Waals surface area contributed by atoms with Crippen LogP contribution in [0, 0.1) is 13.8 Å². The lowest BCUT2D eigenvalue weighted by molar-refractivity contribution is -0.142. The number of amides is 1. The van der Waals surface area contributed by atoms with Crippen molar-refractivity contribution < 1.29 is 14.7 Å². The summed E-state index contributed by atoms with van der Waals surface area (Å²) in [6.45, 7) is 10.1. The molecular weight excluding hydrogens is 304 g/mol. The van der Waals surface area contributed by atoms with Gasteiger partial charge in [0, 0.05) is 23.6 Å². The van der Waals surface area contributed by atoms with E-state index >= 15 is 0 Å². The highest BCUT2D eigenvalue weighted by Gasteiger charge is 2.29. The number of nitrogens with one attached hydrogen (secondary N) is 1. The molecule has 5 heteroatoms. The largest absolute Gasteiger partial charge is 0.481 e. The summed E-state index contributed by atoms with van der Waals surface area (Å²) < 4.78 is 2.09. The van der Waals surface area contributed by atoms with Gasteiger partial charge in [0.05, 0.1) is 11.0 Å².